The minimum Gasteiger partial charge on any atom is -0.508 e. The molecule has 2 rings (SSSR count). The van der Waals surface area contributed by atoms with Crippen LogP contribution in [-0.2, 0) is 15.8 Å². The number of sulfonamides is 1. The molecule has 2 aromatic rings. The van der Waals surface area contributed by atoms with E-state index in [0.29, 0.717) is 5.39 Å². The number of hydrogen-bond acceptors (Lipinski definition) is 5. The molecule has 0 radical (unpaired) electrons. The van der Waals surface area contributed by atoms with Crippen LogP contribution in [0.2, 0.25) is 0 Å². The van der Waals surface area contributed by atoms with Gasteiger partial charge in [-0.1, -0.05) is 0 Å². The van der Waals surface area contributed by atoms with E-state index in [1.807, 2.05) is 0 Å². The van der Waals surface area contributed by atoms with E-state index >= 15 is 0 Å². The number of benzene rings is 1. The van der Waals surface area contributed by atoms with Gasteiger partial charge in [0.1, 0.15) is 11.3 Å². The zero-order valence-electron chi connectivity index (χ0n) is 8.58. The monoisotopic (exact) mass is 255 g/mol. The topological polar surface area (TPSA) is 111 Å². The summed E-state index contributed by atoms with van der Waals surface area (Å²) in [7, 11) is -3.79. The molecule has 0 aliphatic carbocycles. The van der Waals surface area contributed by atoms with Gasteiger partial charge < -0.3 is 9.52 Å². The van der Waals surface area contributed by atoms with Crippen LogP contribution < -0.4 is 10.8 Å². The van der Waals surface area contributed by atoms with Crippen molar-refractivity contribution in [3.05, 3.63) is 40.2 Å². The molecule has 0 aliphatic heterocycles. The number of rotatable bonds is 2. The highest BCUT2D eigenvalue weighted by Gasteiger charge is 2.11. The lowest BCUT2D eigenvalue weighted by Gasteiger charge is -2.01. The Bertz CT molecular complexity index is 732. The molecule has 0 saturated heterocycles. The van der Waals surface area contributed by atoms with Crippen molar-refractivity contribution in [1.29, 1.82) is 0 Å². The van der Waals surface area contributed by atoms with Crippen molar-refractivity contribution in [2.75, 3.05) is 0 Å². The van der Waals surface area contributed by atoms with Crippen LogP contribution in [0.1, 0.15) is 5.56 Å². The molecule has 1 heterocycles. The van der Waals surface area contributed by atoms with E-state index in [1.165, 1.54) is 24.3 Å². The van der Waals surface area contributed by atoms with E-state index in [9.17, 15) is 18.3 Å². The summed E-state index contributed by atoms with van der Waals surface area (Å²) in [6.07, 6.45) is 0. The van der Waals surface area contributed by atoms with Gasteiger partial charge in [0.25, 0.3) is 0 Å². The van der Waals surface area contributed by atoms with Gasteiger partial charge in [-0.25, -0.2) is 18.4 Å². The molecule has 0 fully saturated rings. The lowest BCUT2D eigenvalue weighted by Crippen LogP contribution is -2.19. The van der Waals surface area contributed by atoms with Crippen molar-refractivity contribution >= 4 is 21.0 Å². The second kappa shape index (κ2) is 3.86. The van der Waals surface area contributed by atoms with Gasteiger partial charge in [0, 0.05) is 11.5 Å². The Balaban J connectivity index is 2.64. The largest absolute Gasteiger partial charge is 0.508 e. The van der Waals surface area contributed by atoms with Gasteiger partial charge in [-0.2, -0.15) is 0 Å². The summed E-state index contributed by atoms with van der Waals surface area (Å²) in [4.78, 5) is 11.5. The molecule has 1 aromatic carbocycles. The summed E-state index contributed by atoms with van der Waals surface area (Å²) in [5.41, 5.74) is -0.629. The molecule has 90 valence electrons. The van der Waals surface area contributed by atoms with Crippen LogP contribution in [0.15, 0.2) is 33.5 Å². The normalized spacial score (nSPS) is 11.8. The average Bonchev–Trinajstić information content (AvgIpc) is 2.17. The first-order chi connectivity index (χ1) is 7.85. The number of nitrogens with two attached hydrogens (primary N) is 1. The third-order valence-electron chi connectivity index (χ3n) is 2.15. The summed E-state index contributed by atoms with van der Waals surface area (Å²) in [5, 5.41) is 14.6. The second-order valence-electron chi connectivity index (χ2n) is 3.59. The van der Waals surface area contributed by atoms with Crippen molar-refractivity contribution in [3.63, 3.8) is 0 Å². The number of primary sulfonamides is 1. The van der Waals surface area contributed by atoms with E-state index in [0.717, 1.165) is 0 Å². The zero-order chi connectivity index (χ0) is 12.6. The molecule has 0 aliphatic rings. The molecule has 17 heavy (non-hydrogen) atoms. The Morgan fingerprint density at radius 2 is 2.00 bits per heavy atom. The van der Waals surface area contributed by atoms with E-state index in [4.69, 9.17) is 9.56 Å². The summed E-state index contributed by atoms with van der Waals surface area (Å²) in [6, 6.07) is 5.58. The van der Waals surface area contributed by atoms with Crippen LogP contribution in [0.3, 0.4) is 0 Å². The third kappa shape index (κ3) is 2.63. The molecule has 6 nitrogen and oxygen atoms in total. The van der Waals surface area contributed by atoms with Crippen LogP contribution in [0, 0.1) is 0 Å². The van der Waals surface area contributed by atoms with Gasteiger partial charge in [-0.05, 0) is 18.2 Å². The van der Waals surface area contributed by atoms with Crippen molar-refractivity contribution in [2.45, 2.75) is 5.75 Å². The Morgan fingerprint density at radius 3 is 2.65 bits per heavy atom. The van der Waals surface area contributed by atoms with Crippen LogP contribution in [0.5, 0.6) is 5.75 Å². The smallest absolute Gasteiger partial charge is 0.340 e. The van der Waals surface area contributed by atoms with Crippen LogP contribution in [-0.4, -0.2) is 13.5 Å². The fraction of sp³-hybridized carbons (Fsp3) is 0.100. The Labute approximate surface area is 96.3 Å². The molecule has 1 aromatic heterocycles. The molecule has 0 bridgehead atoms. The summed E-state index contributed by atoms with van der Waals surface area (Å²) in [5.74, 6) is -0.619. The first kappa shape index (κ1) is 11.6. The number of phenolic OH excluding ortho intramolecular Hbond substituents is 1. The first-order valence-electron chi connectivity index (χ1n) is 4.61. The third-order valence-corrected chi connectivity index (χ3v) is 2.86. The fourth-order valence-electron chi connectivity index (χ4n) is 1.46. The summed E-state index contributed by atoms with van der Waals surface area (Å²) in [6.45, 7) is 0. The van der Waals surface area contributed by atoms with Gasteiger partial charge in [-0.15, -0.1) is 0 Å². The summed E-state index contributed by atoms with van der Waals surface area (Å²) < 4.78 is 26.7. The molecule has 7 heteroatoms. The molecular weight excluding hydrogens is 246 g/mol. The Morgan fingerprint density at radius 1 is 1.29 bits per heavy atom. The van der Waals surface area contributed by atoms with Crippen molar-refractivity contribution in [2.24, 2.45) is 5.14 Å². The molecule has 0 spiro atoms. The highest BCUT2D eigenvalue weighted by Crippen LogP contribution is 2.19. The maximum absolute atomic E-state index is 11.5. The SMILES string of the molecule is NS(=O)(=O)Cc1cc2ccc(O)cc2oc1=O. The molecule has 0 unspecified atom stereocenters. The first-order valence-corrected chi connectivity index (χ1v) is 6.33. The number of aromatic hydroxyl groups is 1. The summed E-state index contributed by atoms with van der Waals surface area (Å²) >= 11 is 0. The number of fused-ring (bicyclic) bond motifs is 1. The lowest BCUT2D eigenvalue weighted by atomic mass is 10.2. The highest BCUT2D eigenvalue weighted by molar-refractivity contribution is 7.88. The van der Waals surface area contributed by atoms with Crippen LogP contribution >= 0.6 is 0 Å². The minimum absolute atomic E-state index is 0.0364. The Kier molecular flexibility index (Phi) is 2.64. The highest BCUT2D eigenvalue weighted by atomic mass is 32.2. The van der Waals surface area contributed by atoms with E-state index < -0.39 is 21.4 Å². The molecule has 0 amide bonds. The second-order valence-corrected chi connectivity index (χ2v) is 5.20. The van der Waals surface area contributed by atoms with Gasteiger partial charge >= 0.3 is 5.63 Å². The molecule has 3 N–H and O–H groups in total. The quantitative estimate of drug-likeness (QED) is 0.749. The maximum atomic E-state index is 11.5. The van der Waals surface area contributed by atoms with E-state index in [-0.39, 0.29) is 16.9 Å². The van der Waals surface area contributed by atoms with Gasteiger partial charge in [0.05, 0.1) is 11.3 Å². The molecule has 0 atom stereocenters. The predicted molar refractivity (Wildman–Crippen MR) is 61.0 cm³/mol. The zero-order valence-corrected chi connectivity index (χ0v) is 9.40. The Hall–Kier alpha value is -1.86. The van der Waals surface area contributed by atoms with Crippen molar-refractivity contribution in [1.82, 2.24) is 0 Å². The van der Waals surface area contributed by atoms with Crippen molar-refractivity contribution < 1.29 is 17.9 Å². The van der Waals surface area contributed by atoms with E-state index in [2.05, 4.69) is 0 Å². The lowest BCUT2D eigenvalue weighted by molar-refractivity contribution is 0.473. The van der Waals surface area contributed by atoms with Gasteiger partial charge in [0.15, 0.2) is 0 Å². The van der Waals surface area contributed by atoms with Crippen LogP contribution in [0.4, 0.5) is 0 Å². The minimum atomic E-state index is -3.79. The fourth-order valence-corrected chi connectivity index (χ4v) is 2.09. The maximum Gasteiger partial charge on any atom is 0.340 e. The van der Waals surface area contributed by atoms with Crippen molar-refractivity contribution in [3.8, 4) is 5.75 Å². The van der Waals surface area contributed by atoms with Gasteiger partial charge in [-0.3, -0.25) is 0 Å². The number of phenols is 1. The van der Waals surface area contributed by atoms with E-state index in [1.54, 1.807) is 0 Å². The molecular formula is C10H9NO5S. The number of hydrogen-bond donors (Lipinski definition) is 2. The standard InChI is InChI=1S/C10H9NO5S/c11-17(14,15)5-7-3-6-1-2-8(12)4-9(6)16-10(7)13/h1-4,12H,5H2,(H2,11,14,15). The average molecular weight is 255 g/mol. The molecule has 0 saturated carbocycles. The predicted octanol–water partition coefficient (Wildman–Crippen LogP) is 0.287. The van der Waals surface area contributed by atoms with Gasteiger partial charge in [0.2, 0.25) is 10.0 Å². The van der Waals surface area contributed by atoms with Crippen LogP contribution in [0.25, 0.3) is 11.0 Å².